The van der Waals surface area contributed by atoms with E-state index in [1.54, 1.807) is 11.4 Å². The highest BCUT2D eigenvalue weighted by Gasteiger charge is 2.12. The summed E-state index contributed by atoms with van der Waals surface area (Å²) in [5.74, 6) is 0. The molecule has 0 radical (unpaired) electrons. The largest absolute Gasteiger partial charge is 0.443 e. The maximum absolute atomic E-state index is 11.0. The van der Waals surface area contributed by atoms with Gasteiger partial charge in [-0.25, -0.2) is 14.9 Å². The van der Waals surface area contributed by atoms with Crippen molar-refractivity contribution in [3.05, 3.63) is 34.9 Å². The van der Waals surface area contributed by atoms with Crippen molar-refractivity contribution in [3.8, 4) is 0 Å². The molecule has 6 N–H and O–H groups in total. The zero-order valence-electron chi connectivity index (χ0n) is 9.69. The molecule has 0 saturated carbocycles. The van der Waals surface area contributed by atoms with Crippen molar-refractivity contribution < 1.29 is 20.1 Å². The third kappa shape index (κ3) is 5.51. The first-order chi connectivity index (χ1) is 8.47. The van der Waals surface area contributed by atoms with Crippen LogP contribution in [0.4, 0.5) is 9.59 Å². The van der Waals surface area contributed by atoms with E-state index in [0.29, 0.717) is 11.4 Å². The molecule has 0 fully saturated rings. The van der Waals surface area contributed by atoms with Gasteiger partial charge < -0.3 is 16.2 Å². The summed E-state index contributed by atoms with van der Waals surface area (Å²) in [7, 11) is 0. The lowest BCUT2D eigenvalue weighted by Crippen LogP contribution is -2.64. The molecule has 1 atom stereocenters. The highest BCUT2D eigenvalue weighted by Crippen LogP contribution is 2.11. The number of quaternary nitrogens is 1. The Balaban J connectivity index is 2.35. The van der Waals surface area contributed by atoms with Crippen molar-refractivity contribution >= 4 is 23.7 Å². The van der Waals surface area contributed by atoms with Crippen LogP contribution < -0.4 is 16.8 Å². The van der Waals surface area contributed by atoms with E-state index < -0.39 is 12.1 Å². The van der Waals surface area contributed by atoms with Gasteiger partial charge in [0.1, 0.15) is 12.6 Å². The fourth-order valence-electron chi connectivity index (χ4n) is 1.39. The quantitative estimate of drug-likeness (QED) is 0.733. The molecule has 1 unspecified atom stereocenters. The summed E-state index contributed by atoms with van der Waals surface area (Å²) < 4.78 is 4.77. The number of hydrogen-bond acceptors (Lipinski definition) is 3. The van der Waals surface area contributed by atoms with Crippen molar-refractivity contribution in [3.63, 3.8) is 0 Å². The summed E-state index contributed by atoms with van der Waals surface area (Å²) in [6.07, 6.45) is -0.257. The van der Waals surface area contributed by atoms with E-state index in [9.17, 15) is 9.59 Å². The van der Waals surface area contributed by atoms with E-state index in [2.05, 4.69) is 5.73 Å². The Kier molecular flexibility index (Phi) is 5.41. The number of ether oxygens (including phenoxy) is 1. The van der Waals surface area contributed by atoms with Gasteiger partial charge in [0.25, 0.3) is 0 Å². The number of benzene rings is 1. The summed E-state index contributed by atoms with van der Waals surface area (Å²) in [6, 6.07) is 6.26. The van der Waals surface area contributed by atoms with E-state index in [1.165, 1.54) is 0 Å². The third-order valence-electron chi connectivity index (χ3n) is 2.09. The summed E-state index contributed by atoms with van der Waals surface area (Å²) in [5, 5.41) is 2.45. The van der Waals surface area contributed by atoms with Gasteiger partial charge in [-0.2, -0.15) is 0 Å². The zero-order chi connectivity index (χ0) is 13.5. The van der Waals surface area contributed by atoms with Gasteiger partial charge in [0.2, 0.25) is 0 Å². The second-order valence-electron chi connectivity index (χ2n) is 3.79. The first-order valence-electron chi connectivity index (χ1n) is 5.28. The number of carbonyl (C=O) groups excluding carboxylic acids is 2. The molecule has 3 amide bonds. The molecular weight excluding hydrogens is 258 g/mol. The summed E-state index contributed by atoms with van der Waals surface area (Å²) in [5.41, 5.74) is 9.61. The Morgan fingerprint density at radius 3 is 2.83 bits per heavy atom. The fraction of sp³-hybridized carbons (Fsp3) is 0.273. The standard InChI is InChI=1S/C11H14ClN3O3/c12-8-3-1-2-7(4-8)5-9(13)6-18-11(17)15-10(14)16/h1-4,9H,5-6,13H2,(H3,14,15,16,17)/p+1. The maximum atomic E-state index is 11.0. The SMILES string of the molecule is NC(=O)NC(=O)OCC([NH3+])Cc1cccc(Cl)c1. The van der Waals surface area contributed by atoms with Gasteiger partial charge in [-0.1, -0.05) is 23.7 Å². The molecule has 0 bridgehead atoms. The Morgan fingerprint density at radius 1 is 1.50 bits per heavy atom. The molecule has 0 spiro atoms. The number of carbonyl (C=O) groups is 2. The smallest absolute Gasteiger partial charge is 0.415 e. The summed E-state index contributed by atoms with van der Waals surface area (Å²) >= 11 is 5.85. The lowest BCUT2D eigenvalue weighted by atomic mass is 10.1. The number of urea groups is 1. The van der Waals surface area contributed by atoms with Crippen LogP contribution in [0, 0.1) is 0 Å². The summed E-state index contributed by atoms with van der Waals surface area (Å²) in [6.45, 7) is 0.0889. The molecule has 1 aromatic carbocycles. The van der Waals surface area contributed by atoms with Gasteiger partial charge in [0, 0.05) is 11.4 Å². The van der Waals surface area contributed by atoms with Gasteiger partial charge in [-0.15, -0.1) is 0 Å². The van der Waals surface area contributed by atoms with Crippen LogP contribution >= 0.6 is 11.6 Å². The van der Waals surface area contributed by atoms with Crippen molar-refractivity contribution in [2.24, 2.45) is 5.73 Å². The summed E-state index contributed by atoms with van der Waals surface area (Å²) in [4.78, 5) is 21.3. The molecular formula is C11H15ClN3O3+. The predicted octanol–water partition coefficient (Wildman–Crippen LogP) is 0.298. The van der Waals surface area contributed by atoms with Gasteiger partial charge >= 0.3 is 12.1 Å². The average molecular weight is 273 g/mol. The molecule has 0 heterocycles. The normalized spacial score (nSPS) is 11.7. The fourth-order valence-corrected chi connectivity index (χ4v) is 1.60. The number of halogens is 1. The van der Waals surface area contributed by atoms with E-state index in [-0.39, 0.29) is 12.6 Å². The molecule has 1 aromatic rings. The average Bonchev–Trinajstić information content (AvgIpc) is 2.25. The number of hydrogen-bond donors (Lipinski definition) is 3. The monoisotopic (exact) mass is 272 g/mol. The van der Waals surface area contributed by atoms with Crippen LogP contribution in [0.5, 0.6) is 0 Å². The number of rotatable bonds is 4. The molecule has 0 aliphatic carbocycles. The molecule has 0 saturated heterocycles. The van der Waals surface area contributed by atoms with E-state index >= 15 is 0 Å². The third-order valence-corrected chi connectivity index (χ3v) is 2.32. The Hall–Kier alpha value is -1.79. The van der Waals surface area contributed by atoms with Crippen LogP contribution in [0.1, 0.15) is 5.56 Å². The highest BCUT2D eigenvalue weighted by atomic mass is 35.5. The Labute approximate surface area is 109 Å². The second kappa shape index (κ2) is 6.83. The maximum Gasteiger partial charge on any atom is 0.415 e. The van der Waals surface area contributed by atoms with Crippen LogP contribution in [0.25, 0.3) is 0 Å². The van der Waals surface area contributed by atoms with Gasteiger partial charge in [-0.3, -0.25) is 0 Å². The molecule has 0 aliphatic heterocycles. The Morgan fingerprint density at radius 2 is 2.22 bits per heavy atom. The van der Waals surface area contributed by atoms with Crippen LogP contribution in [-0.2, 0) is 11.2 Å². The van der Waals surface area contributed by atoms with Crippen LogP contribution in [0.15, 0.2) is 24.3 Å². The number of nitrogens with one attached hydrogen (secondary N) is 1. The number of amides is 3. The molecule has 0 aromatic heterocycles. The second-order valence-corrected chi connectivity index (χ2v) is 4.22. The molecule has 18 heavy (non-hydrogen) atoms. The number of alkyl carbamates (subject to hydrolysis) is 1. The molecule has 7 heteroatoms. The lowest BCUT2D eigenvalue weighted by Gasteiger charge is -2.09. The molecule has 6 nitrogen and oxygen atoms in total. The van der Waals surface area contributed by atoms with Crippen molar-refractivity contribution in [2.45, 2.75) is 12.5 Å². The van der Waals surface area contributed by atoms with E-state index in [4.69, 9.17) is 22.1 Å². The minimum absolute atomic E-state index is 0.0889. The van der Waals surface area contributed by atoms with Gasteiger partial charge in [-0.05, 0) is 17.7 Å². The Bertz CT molecular complexity index is 439. The van der Waals surface area contributed by atoms with E-state index in [1.807, 2.05) is 18.2 Å². The van der Waals surface area contributed by atoms with E-state index in [0.717, 1.165) is 5.56 Å². The molecule has 1 rings (SSSR count). The zero-order valence-corrected chi connectivity index (χ0v) is 10.4. The first-order valence-corrected chi connectivity index (χ1v) is 5.66. The number of primary amides is 1. The lowest BCUT2D eigenvalue weighted by molar-refractivity contribution is -0.424. The highest BCUT2D eigenvalue weighted by molar-refractivity contribution is 6.30. The van der Waals surface area contributed by atoms with Crippen molar-refractivity contribution in [2.75, 3.05) is 6.61 Å². The van der Waals surface area contributed by atoms with Gasteiger partial charge in [0.15, 0.2) is 0 Å². The first kappa shape index (κ1) is 14.3. The number of nitrogens with two attached hydrogens (primary N) is 1. The molecule has 98 valence electrons. The predicted molar refractivity (Wildman–Crippen MR) is 65.9 cm³/mol. The van der Waals surface area contributed by atoms with Crippen molar-refractivity contribution in [1.29, 1.82) is 0 Å². The molecule has 0 aliphatic rings. The van der Waals surface area contributed by atoms with Crippen molar-refractivity contribution in [1.82, 2.24) is 5.32 Å². The number of imide groups is 1. The van der Waals surface area contributed by atoms with Crippen LogP contribution in [0.2, 0.25) is 5.02 Å². The minimum atomic E-state index is -0.949. The van der Waals surface area contributed by atoms with Crippen LogP contribution in [-0.4, -0.2) is 24.8 Å². The van der Waals surface area contributed by atoms with Crippen LogP contribution in [0.3, 0.4) is 0 Å². The van der Waals surface area contributed by atoms with Gasteiger partial charge in [0.05, 0.1) is 0 Å². The minimum Gasteiger partial charge on any atom is -0.443 e. The topological polar surface area (TPSA) is 109 Å².